The number of pyridine rings is 1. The molecule has 1 aromatic heterocycles. The summed E-state index contributed by atoms with van der Waals surface area (Å²) in [7, 11) is 1.45. The van der Waals surface area contributed by atoms with Crippen molar-refractivity contribution in [3.05, 3.63) is 57.7 Å². The van der Waals surface area contributed by atoms with Gasteiger partial charge < -0.3 is 39.6 Å². The van der Waals surface area contributed by atoms with Gasteiger partial charge in [0.15, 0.2) is 24.0 Å². The number of piperazine rings is 1. The minimum Gasteiger partial charge on any atom is -0.492 e. The van der Waals surface area contributed by atoms with Crippen LogP contribution < -0.4 is 20.4 Å². The number of benzene rings is 1. The first-order chi connectivity index (χ1) is 26.4. The lowest BCUT2D eigenvalue weighted by Crippen LogP contribution is -2.61. The van der Waals surface area contributed by atoms with Gasteiger partial charge in [-0.05, 0) is 81.9 Å². The number of nitrogens with one attached hydrogen (secondary N) is 1. The van der Waals surface area contributed by atoms with Crippen LogP contribution in [0.15, 0.2) is 40.9 Å². The molecule has 4 saturated carbocycles. The minimum atomic E-state index is -1.60. The summed E-state index contributed by atoms with van der Waals surface area (Å²) in [6.07, 6.45) is 10.6. The van der Waals surface area contributed by atoms with Gasteiger partial charge in [-0.15, -0.1) is 0 Å². The number of esters is 1. The molecular weight excluding hydrogens is 725 g/mol. The van der Waals surface area contributed by atoms with E-state index in [9.17, 15) is 39.3 Å². The molecule has 2 aromatic rings. The van der Waals surface area contributed by atoms with Crippen LogP contribution in [0, 0.1) is 34.4 Å². The normalized spacial score (nSPS) is 33.4. The van der Waals surface area contributed by atoms with E-state index in [1.54, 1.807) is 16.7 Å². The molecular formula is C42H52FN3O10. The topological polar surface area (TPSA) is 185 Å². The summed E-state index contributed by atoms with van der Waals surface area (Å²) in [6.45, 7) is 8.77. The van der Waals surface area contributed by atoms with Crippen molar-refractivity contribution in [2.75, 3.05) is 38.3 Å². The first-order valence-electron chi connectivity index (χ1n) is 19.6. The second kappa shape index (κ2) is 14.5. The molecule has 0 bridgehead atoms. The van der Waals surface area contributed by atoms with Gasteiger partial charge in [-0.3, -0.25) is 19.2 Å². The van der Waals surface area contributed by atoms with Crippen LogP contribution in [0.25, 0.3) is 10.9 Å². The quantitative estimate of drug-likeness (QED) is 0.296. The van der Waals surface area contributed by atoms with Crippen LogP contribution in [0.3, 0.4) is 0 Å². The highest BCUT2D eigenvalue weighted by Crippen LogP contribution is 2.67. The van der Waals surface area contributed by atoms with Crippen LogP contribution >= 0.6 is 0 Å². The summed E-state index contributed by atoms with van der Waals surface area (Å²) in [5.74, 6) is -2.43. The van der Waals surface area contributed by atoms with Crippen molar-refractivity contribution in [1.29, 1.82) is 0 Å². The van der Waals surface area contributed by atoms with Crippen molar-refractivity contribution >= 4 is 40.1 Å². The summed E-state index contributed by atoms with van der Waals surface area (Å²) in [5.41, 5.74) is -1.91. The van der Waals surface area contributed by atoms with Crippen molar-refractivity contribution in [3.63, 3.8) is 0 Å². The number of methoxy groups -OCH3 is 1. The Morgan fingerprint density at radius 3 is 2.50 bits per heavy atom. The van der Waals surface area contributed by atoms with E-state index in [2.05, 4.69) is 12.2 Å². The maximum Gasteiger partial charge on any atom is 0.341 e. The Hall–Kier alpha value is -4.40. The smallest absolute Gasteiger partial charge is 0.341 e. The van der Waals surface area contributed by atoms with Crippen molar-refractivity contribution in [3.8, 4) is 5.75 Å². The lowest BCUT2D eigenvalue weighted by molar-refractivity contribution is -0.181. The zero-order valence-corrected chi connectivity index (χ0v) is 32.6. The third-order valence-electron chi connectivity index (χ3n) is 13.8. The van der Waals surface area contributed by atoms with Crippen LogP contribution in [0.2, 0.25) is 0 Å². The number of rotatable bonds is 7. The average molecular weight is 778 g/mol. The van der Waals surface area contributed by atoms with Crippen LogP contribution in [-0.2, 0) is 19.1 Å². The van der Waals surface area contributed by atoms with E-state index in [-0.39, 0.29) is 52.0 Å². The number of carbonyl (C=O) groups is 4. The molecule has 4 N–H and O–H groups in total. The molecule has 6 aliphatic rings. The number of hydrogen-bond donors (Lipinski definition) is 4. The molecule has 5 aliphatic carbocycles. The zero-order valence-electron chi connectivity index (χ0n) is 32.6. The Kier molecular flexibility index (Phi) is 10.3. The lowest BCUT2D eigenvalue weighted by atomic mass is 9.46. The van der Waals surface area contributed by atoms with E-state index < -0.39 is 52.7 Å². The van der Waals surface area contributed by atoms with E-state index >= 15 is 4.39 Å². The molecule has 1 unspecified atom stereocenters. The number of aromatic carboxylic acids is 1. The number of ether oxygens (including phenoxy) is 2. The molecule has 302 valence electrons. The van der Waals surface area contributed by atoms with E-state index in [1.165, 1.54) is 20.2 Å². The number of fused-ring (bicyclic) bond motifs is 6. The molecule has 14 heteroatoms. The fraction of sp³-hybridized carbons (Fsp3) is 0.595. The van der Waals surface area contributed by atoms with Gasteiger partial charge in [0.2, 0.25) is 11.2 Å². The zero-order chi connectivity index (χ0) is 40.5. The predicted molar refractivity (Wildman–Crippen MR) is 204 cm³/mol. The van der Waals surface area contributed by atoms with Gasteiger partial charge in [0.05, 0.1) is 24.1 Å². The Labute approximate surface area is 324 Å². The van der Waals surface area contributed by atoms with Crippen LogP contribution in [0.5, 0.6) is 5.75 Å². The van der Waals surface area contributed by atoms with E-state index in [1.807, 2.05) is 24.8 Å². The number of aliphatic hydroxyl groups is 2. The first kappa shape index (κ1) is 39.8. The Bertz CT molecular complexity index is 2110. The number of aromatic nitrogens is 1. The maximum absolute atomic E-state index is 15.1. The molecule has 1 aliphatic heterocycles. The molecule has 0 amide bonds. The van der Waals surface area contributed by atoms with Crippen molar-refractivity contribution in [2.45, 2.75) is 96.4 Å². The van der Waals surface area contributed by atoms with E-state index in [0.29, 0.717) is 49.3 Å². The molecule has 56 heavy (non-hydrogen) atoms. The highest BCUT2D eigenvalue weighted by Gasteiger charge is 2.68. The number of ketones is 2. The number of allylic oxidation sites excluding steroid dienone is 4. The average Bonchev–Trinajstić information content (AvgIpc) is 3.95. The number of halogens is 1. The number of carboxylic acids is 1. The maximum atomic E-state index is 15.1. The van der Waals surface area contributed by atoms with Gasteiger partial charge in [0.25, 0.3) is 0 Å². The number of carbonyl (C=O) groups excluding carboxylic acids is 3. The SMILES string of the molecule is CC(=O)OCC(=O)[C@@]1(O)CC[C@H]2[C@@H]3CCC4=CC(=O)C=C[C@]4(C)[C@H]3[C@@H](O)C[C@@]21C.COc1c(N2CCNC(C)C2)c(F)cc2c(=O)c(C(=O)O)cn(C3CC3)c12. The standard InChI is InChI=1S/C23H30O6.C19H22FN3O4/c1-13(24)29-12-19(27)23(28)9-7-17-16-5-4-14-10-15(25)6-8-21(14,2)20(16)18(26)11-22(17,23)3;1-10-8-22(6-5-21-10)16-14(20)7-12-15(18(16)27-2)23(11-3-4-11)9-13(17(12)24)19(25)26/h6,8,10,16-18,20,26,28H,4-5,7,9,11-12H2,1-3H3;7,9-11,21H,3-6,8H2,1-2H3,(H,25,26)/t16-,17-,18-,20+,21-,22-,23-;/m0./s1. The fourth-order valence-electron chi connectivity index (χ4n) is 10.9. The van der Waals surface area contributed by atoms with Crippen LogP contribution in [-0.4, -0.2) is 94.5 Å². The molecule has 1 saturated heterocycles. The number of carboxylic acid groups (broad SMARTS) is 1. The summed E-state index contributed by atoms with van der Waals surface area (Å²) >= 11 is 0. The van der Waals surface area contributed by atoms with E-state index in [0.717, 1.165) is 43.9 Å². The number of aliphatic hydroxyl groups excluding tert-OH is 1. The molecule has 13 nitrogen and oxygen atoms in total. The van der Waals surface area contributed by atoms with Gasteiger partial charge in [0.1, 0.15) is 16.9 Å². The molecule has 5 fully saturated rings. The largest absolute Gasteiger partial charge is 0.492 e. The Morgan fingerprint density at radius 2 is 1.86 bits per heavy atom. The highest BCUT2D eigenvalue weighted by atomic mass is 19.1. The lowest BCUT2D eigenvalue weighted by Gasteiger charge is -2.59. The molecule has 1 aromatic carbocycles. The molecule has 0 spiro atoms. The second-order valence-electron chi connectivity index (χ2n) is 17.1. The minimum absolute atomic E-state index is 0.00243. The highest BCUT2D eigenvalue weighted by molar-refractivity contribution is 6.01. The second-order valence-corrected chi connectivity index (χ2v) is 17.1. The van der Waals surface area contributed by atoms with Gasteiger partial charge in [-0.1, -0.05) is 25.5 Å². The molecule has 8 atom stereocenters. The van der Waals surface area contributed by atoms with E-state index in [4.69, 9.17) is 9.47 Å². The van der Waals surface area contributed by atoms with Crippen molar-refractivity contribution in [2.24, 2.45) is 28.6 Å². The van der Waals surface area contributed by atoms with Gasteiger partial charge >= 0.3 is 11.9 Å². The van der Waals surface area contributed by atoms with Crippen molar-refractivity contribution < 1.29 is 48.4 Å². The third kappa shape index (κ3) is 6.47. The monoisotopic (exact) mass is 777 g/mol. The summed E-state index contributed by atoms with van der Waals surface area (Å²) < 4.78 is 27.3. The fourth-order valence-corrected chi connectivity index (χ4v) is 10.9. The van der Waals surface area contributed by atoms with Crippen LogP contribution in [0.1, 0.15) is 89.0 Å². The van der Waals surface area contributed by atoms with Crippen LogP contribution in [0.4, 0.5) is 10.1 Å². The molecule has 0 radical (unpaired) electrons. The summed E-state index contributed by atoms with van der Waals surface area (Å²) in [5, 5.41) is 35.5. The number of anilines is 1. The molecule has 8 rings (SSSR count). The number of nitrogens with zero attached hydrogens (tertiary/aromatic N) is 2. The molecule has 2 heterocycles. The number of hydrogen-bond acceptors (Lipinski definition) is 11. The van der Waals surface area contributed by atoms with Gasteiger partial charge in [-0.25, -0.2) is 9.18 Å². The van der Waals surface area contributed by atoms with Gasteiger partial charge in [0, 0.05) is 61.6 Å². The summed E-state index contributed by atoms with van der Waals surface area (Å²) in [6, 6.07) is 1.45. The Morgan fingerprint density at radius 1 is 1.12 bits per heavy atom. The first-order valence-corrected chi connectivity index (χ1v) is 19.6. The van der Waals surface area contributed by atoms with Crippen molar-refractivity contribution in [1.82, 2.24) is 9.88 Å². The Balaban J connectivity index is 0.000000172. The third-order valence-corrected chi connectivity index (χ3v) is 13.8. The number of Topliss-reactive ketones (excluding diaryl/α,β-unsaturated/α-hetero) is 1. The summed E-state index contributed by atoms with van der Waals surface area (Å²) in [4.78, 5) is 62.0. The predicted octanol–water partition coefficient (Wildman–Crippen LogP) is 4.11. The van der Waals surface area contributed by atoms with Gasteiger partial charge in [-0.2, -0.15) is 0 Å².